The van der Waals surface area contributed by atoms with Crippen molar-refractivity contribution in [3.05, 3.63) is 46.4 Å². The topological polar surface area (TPSA) is 72.6 Å². The number of carboxylic acids is 1. The Bertz CT molecular complexity index is 887. The summed E-state index contributed by atoms with van der Waals surface area (Å²) in [5, 5.41) is 10.9. The normalized spacial score (nSPS) is 10.9. The number of nitrogens with zero attached hydrogens (tertiary/aromatic N) is 1. The number of hydrogen-bond acceptors (Lipinski definition) is 4. The van der Waals surface area contributed by atoms with Crippen molar-refractivity contribution in [2.24, 2.45) is 0 Å². The highest BCUT2D eigenvalue weighted by Gasteiger charge is 2.20. The molecule has 5 nitrogen and oxygen atoms in total. The minimum absolute atomic E-state index is 0.268. The maximum Gasteiger partial charge on any atom is 0.341 e. The summed E-state index contributed by atoms with van der Waals surface area (Å²) in [6.07, 6.45) is 1.47. The second-order valence-corrected chi connectivity index (χ2v) is 5.65. The standard InChI is InChI=1S/C16H11Cl2NO4/c1-8-14(23-7-12(20)21)13-11(16(18)19-8)6-22-15(13)9-2-4-10(17)5-3-9/h2-6H,7H2,1H3,(H,20,21). The number of halogens is 2. The smallest absolute Gasteiger partial charge is 0.341 e. The Morgan fingerprint density at radius 3 is 2.65 bits per heavy atom. The summed E-state index contributed by atoms with van der Waals surface area (Å²) in [4.78, 5) is 15.0. The molecule has 3 aromatic rings. The highest BCUT2D eigenvalue weighted by molar-refractivity contribution is 6.35. The van der Waals surface area contributed by atoms with Crippen molar-refractivity contribution in [3.63, 3.8) is 0 Å². The Kier molecular flexibility index (Phi) is 4.15. The molecule has 0 spiro atoms. The van der Waals surface area contributed by atoms with Crippen molar-refractivity contribution in [2.45, 2.75) is 6.92 Å². The molecule has 1 aromatic carbocycles. The van der Waals surface area contributed by atoms with Crippen LogP contribution in [0.5, 0.6) is 5.75 Å². The highest BCUT2D eigenvalue weighted by Crippen LogP contribution is 2.41. The number of furan rings is 1. The molecule has 0 saturated carbocycles. The molecule has 23 heavy (non-hydrogen) atoms. The minimum Gasteiger partial charge on any atom is -0.479 e. The molecule has 0 atom stereocenters. The molecule has 0 aliphatic heterocycles. The van der Waals surface area contributed by atoms with Gasteiger partial charge in [-0.2, -0.15) is 0 Å². The number of aryl methyl sites for hydroxylation is 1. The van der Waals surface area contributed by atoms with Crippen LogP contribution in [-0.2, 0) is 4.79 Å². The number of fused-ring (bicyclic) bond motifs is 1. The van der Waals surface area contributed by atoms with Crippen molar-refractivity contribution in [1.82, 2.24) is 4.98 Å². The Balaban J connectivity index is 2.23. The van der Waals surface area contributed by atoms with Crippen LogP contribution in [0, 0.1) is 6.92 Å². The van der Waals surface area contributed by atoms with E-state index >= 15 is 0 Å². The van der Waals surface area contributed by atoms with E-state index in [0.717, 1.165) is 5.56 Å². The predicted octanol–water partition coefficient (Wildman–Crippen LogP) is 4.57. The van der Waals surface area contributed by atoms with E-state index in [2.05, 4.69) is 4.98 Å². The molecule has 0 aliphatic rings. The first kappa shape index (κ1) is 15.6. The fraction of sp³-hybridized carbons (Fsp3) is 0.125. The van der Waals surface area contributed by atoms with Crippen molar-refractivity contribution < 1.29 is 19.1 Å². The van der Waals surface area contributed by atoms with Gasteiger partial charge in [-0.25, -0.2) is 9.78 Å². The van der Waals surface area contributed by atoms with E-state index in [0.29, 0.717) is 33.0 Å². The zero-order valence-electron chi connectivity index (χ0n) is 12.0. The number of rotatable bonds is 4. The lowest BCUT2D eigenvalue weighted by Crippen LogP contribution is -2.10. The van der Waals surface area contributed by atoms with E-state index in [9.17, 15) is 4.79 Å². The molecule has 7 heteroatoms. The van der Waals surface area contributed by atoms with Crippen LogP contribution in [0.2, 0.25) is 10.2 Å². The van der Waals surface area contributed by atoms with Gasteiger partial charge in [0.25, 0.3) is 0 Å². The van der Waals surface area contributed by atoms with Gasteiger partial charge in [-0.15, -0.1) is 0 Å². The number of carbonyl (C=O) groups is 1. The lowest BCUT2D eigenvalue weighted by Gasteiger charge is -2.10. The van der Waals surface area contributed by atoms with Gasteiger partial charge in [-0.1, -0.05) is 23.2 Å². The average molecular weight is 352 g/mol. The van der Waals surface area contributed by atoms with Gasteiger partial charge in [-0.3, -0.25) is 0 Å². The van der Waals surface area contributed by atoms with Crippen molar-refractivity contribution in [1.29, 1.82) is 0 Å². The zero-order valence-corrected chi connectivity index (χ0v) is 13.5. The molecular formula is C16H11Cl2NO4. The first-order chi connectivity index (χ1) is 11.0. The Morgan fingerprint density at radius 2 is 2.00 bits per heavy atom. The summed E-state index contributed by atoms with van der Waals surface area (Å²) in [6, 6.07) is 7.06. The number of aliphatic carboxylic acids is 1. The first-order valence-corrected chi connectivity index (χ1v) is 7.41. The van der Waals surface area contributed by atoms with Gasteiger partial charge >= 0.3 is 5.97 Å². The van der Waals surface area contributed by atoms with Crippen molar-refractivity contribution >= 4 is 39.9 Å². The lowest BCUT2D eigenvalue weighted by molar-refractivity contribution is -0.139. The quantitative estimate of drug-likeness (QED) is 0.696. The fourth-order valence-corrected chi connectivity index (χ4v) is 2.69. The van der Waals surface area contributed by atoms with Gasteiger partial charge in [0.1, 0.15) is 17.2 Å². The molecule has 1 N–H and O–H groups in total. The van der Waals surface area contributed by atoms with E-state index in [1.165, 1.54) is 6.26 Å². The van der Waals surface area contributed by atoms with Crippen LogP contribution in [0.3, 0.4) is 0 Å². The lowest BCUT2D eigenvalue weighted by atomic mass is 10.1. The summed E-state index contributed by atoms with van der Waals surface area (Å²) in [5.41, 5.74) is 1.26. The van der Waals surface area contributed by atoms with E-state index in [4.69, 9.17) is 37.5 Å². The third kappa shape index (κ3) is 2.98. The molecule has 3 rings (SSSR count). The first-order valence-electron chi connectivity index (χ1n) is 6.65. The molecule has 2 aromatic heterocycles. The van der Waals surface area contributed by atoms with Gasteiger partial charge in [0.15, 0.2) is 12.4 Å². The minimum atomic E-state index is -1.08. The summed E-state index contributed by atoms with van der Waals surface area (Å²) in [6.45, 7) is 1.21. The maximum absolute atomic E-state index is 10.8. The van der Waals surface area contributed by atoms with E-state index in [-0.39, 0.29) is 5.15 Å². The molecule has 0 unspecified atom stereocenters. The Morgan fingerprint density at radius 1 is 1.30 bits per heavy atom. The molecule has 0 aliphatic carbocycles. The Labute approximate surface area is 141 Å². The van der Waals surface area contributed by atoms with Gasteiger partial charge in [0.2, 0.25) is 0 Å². The highest BCUT2D eigenvalue weighted by atomic mass is 35.5. The maximum atomic E-state index is 10.8. The molecule has 2 heterocycles. The molecule has 0 bridgehead atoms. The van der Waals surface area contributed by atoms with Gasteiger partial charge in [0, 0.05) is 10.6 Å². The molecular weight excluding hydrogens is 341 g/mol. The second-order valence-electron chi connectivity index (χ2n) is 4.86. The Hall–Kier alpha value is -2.24. The fourth-order valence-electron chi connectivity index (χ4n) is 2.30. The molecule has 0 fully saturated rings. The summed E-state index contributed by atoms with van der Waals surface area (Å²) in [7, 11) is 0. The number of ether oxygens (including phenoxy) is 1. The number of aromatic nitrogens is 1. The third-order valence-electron chi connectivity index (χ3n) is 3.28. The number of carboxylic acid groups (broad SMARTS) is 1. The van der Waals surface area contributed by atoms with E-state index in [1.807, 2.05) is 0 Å². The second kappa shape index (κ2) is 6.10. The number of benzene rings is 1. The van der Waals surface area contributed by atoms with Crippen molar-refractivity contribution in [3.8, 4) is 17.1 Å². The van der Waals surface area contributed by atoms with E-state index < -0.39 is 12.6 Å². The molecule has 0 saturated heterocycles. The summed E-state index contributed by atoms with van der Waals surface area (Å²) in [5.74, 6) is -0.223. The van der Waals surface area contributed by atoms with Crippen LogP contribution in [0.15, 0.2) is 34.9 Å². The monoisotopic (exact) mass is 351 g/mol. The van der Waals surface area contributed by atoms with Crippen LogP contribution in [0.25, 0.3) is 22.1 Å². The van der Waals surface area contributed by atoms with Gasteiger partial charge < -0.3 is 14.3 Å². The third-order valence-corrected chi connectivity index (χ3v) is 3.82. The largest absolute Gasteiger partial charge is 0.479 e. The number of hydrogen-bond donors (Lipinski definition) is 1. The van der Waals surface area contributed by atoms with E-state index in [1.54, 1.807) is 31.2 Å². The van der Waals surface area contributed by atoms with Gasteiger partial charge in [-0.05, 0) is 31.2 Å². The van der Waals surface area contributed by atoms with Crippen LogP contribution < -0.4 is 4.74 Å². The number of pyridine rings is 1. The van der Waals surface area contributed by atoms with Crippen molar-refractivity contribution in [2.75, 3.05) is 6.61 Å². The molecule has 0 amide bonds. The van der Waals surface area contributed by atoms with Crippen LogP contribution in [-0.4, -0.2) is 22.7 Å². The summed E-state index contributed by atoms with van der Waals surface area (Å²) < 4.78 is 11.0. The van der Waals surface area contributed by atoms with Crippen LogP contribution in [0.1, 0.15) is 5.69 Å². The predicted molar refractivity (Wildman–Crippen MR) is 87.3 cm³/mol. The zero-order chi connectivity index (χ0) is 16.6. The molecule has 118 valence electrons. The summed E-state index contributed by atoms with van der Waals surface area (Å²) >= 11 is 12.1. The average Bonchev–Trinajstić information content (AvgIpc) is 2.93. The van der Waals surface area contributed by atoms with Gasteiger partial charge in [0.05, 0.1) is 16.5 Å². The van der Waals surface area contributed by atoms with Crippen LogP contribution >= 0.6 is 23.2 Å². The molecule has 0 radical (unpaired) electrons. The SMILES string of the molecule is Cc1nc(Cl)c2coc(-c3ccc(Cl)cc3)c2c1OCC(=O)O. The van der Waals surface area contributed by atoms with Crippen LogP contribution in [0.4, 0.5) is 0 Å².